The summed E-state index contributed by atoms with van der Waals surface area (Å²) in [6.07, 6.45) is 8.21. The Labute approximate surface area is 90.2 Å². The smallest absolute Gasteiger partial charge is 0.253 e. The molecule has 3 heteroatoms. The van der Waals surface area contributed by atoms with Crippen LogP contribution in [-0.2, 0) is 6.54 Å². The fourth-order valence-electron chi connectivity index (χ4n) is 2.30. The summed E-state index contributed by atoms with van der Waals surface area (Å²) < 4.78 is 1.75. The molecule has 0 aliphatic heterocycles. The number of rotatable bonds is 2. The van der Waals surface area contributed by atoms with Gasteiger partial charge in [-0.25, -0.2) is 4.98 Å². The quantitative estimate of drug-likeness (QED) is 0.743. The van der Waals surface area contributed by atoms with Gasteiger partial charge in [0.05, 0.1) is 6.33 Å². The van der Waals surface area contributed by atoms with E-state index in [0.717, 1.165) is 12.2 Å². The van der Waals surface area contributed by atoms with Crippen LogP contribution in [0, 0.1) is 12.8 Å². The summed E-state index contributed by atoms with van der Waals surface area (Å²) in [5, 5.41) is 0. The van der Waals surface area contributed by atoms with Gasteiger partial charge in [-0.3, -0.25) is 9.36 Å². The minimum absolute atomic E-state index is 0.0908. The highest BCUT2D eigenvalue weighted by Gasteiger charge is 2.14. The predicted octanol–water partition coefficient (Wildman–Crippen LogP) is 2.13. The average Bonchev–Trinajstić information content (AvgIpc) is 2.24. The Morgan fingerprint density at radius 3 is 2.80 bits per heavy atom. The van der Waals surface area contributed by atoms with Crippen molar-refractivity contribution in [2.75, 3.05) is 0 Å². The molecule has 0 bridgehead atoms. The van der Waals surface area contributed by atoms with Crippen LogP contribution in [0.25, 0.3) is 0 Å². The van der Waals surface area contributed by atoms with Gasteiger partial charge in [-0.15, -0.1) is 0 Å². The lowest BCUT2D eigenvalue weighted by atomic mass is 9.89. The van der Waals surface area contributed by atoms with E-state index in [-0.39, 0.29) is 5.56 Å². The zero-order valence-electron chi connectivity index (χ0n) is 9.28. The molecule has 0 amide bonds. The second-order valence-corrected chi connectivity index (χ2v) is 4.52. The van der Waals surface area contributed by atoms with E-state index in [4.69, 9.17) is 0 Å². The van der Waals surface area contributed by atoms with Crippen LogP contribution in [0.5, 0.6) is 0 Å². The van der Waals surface area contributed by atoms with Gasteiger partial charge in [0.25, 0.3) is 5.56 Å². The number of hydrogen-bond donors (Lipinski definition) is 0. The van der Waals surface area contributed by atoms with Crippen molar-refractivity contribution in [3.63, 3.8) is 0 Å². The predicted molar refractivity (Wildman–Crippen MR) is 59.8 cm³/mol. The number of aromatic nitrogens is 2. The number of aryl methyl sites for hydroxylation is 1. The Kier molecular flexibility index (Phi) is 3.19. The molecule has 1 aliphatic carbocycles. The van der Waals surface area contributed by atoms with Crippen LogP contribution < -0.4 is 5.56 Å². The topological polar surface area (TPSA) is 34.9 Å². The Bertz CT molecular complexity index is 377. The highest BCUT2D eigenvalue weighted by atomic mass is 16.1. The standard InChI is InChI=1S/C12H18N2O/c1-10-7-12(15)14(9-13-10)8-11-5-3-2-4-6-11/h7,9,11H,2-6,8H2,1H3. The van der Waals surface area contributed by atoms with Gasteiger partial charge in [-0.2, -0.15) is 0 Å². The highest BCUT2D eigenvalue weighted by Crippen LogP contribution is 2.24. The summed E-state index contributed by atoms with van der Waals surface area (Å²) in [5.74, 6) is 0.681. The normalized spacial score (nSPS) is 17.9. The van der Waals surface area contributed by atoms with Crippen LogP contribution in [0.4, 0.5) is 0 Å². The molecule has 2 rings (SSSR count). The van der Waals surface area contributed by atoms with Gasteiger partial charge in [0.15, 0.2) is 0 Å². The van der Waals surface area contributed by atoms with Crippen molar-refractivity contribution in [2.45, 2.75) is 45.6 Å². The maximum atomic E-state index is 11.6. The van der Waals surface area contributed by atoms with E-state index in [1.54, 1.807) is 17.0 Å². The first-order chi connectivity index (χ1) is 7.25. The van der Waals surface area contributed by atoms with E-state index in [9.17, 15) is 4.79 Å². The van der Waals surface area contributed by atoms with E-state index < -0.39 is 0 Å². The third-order valence-electron chi connectivity index (χ3n) is 3.20. The first-order valence-corrected chi connectivity index (χ1v) is 5.79. The number of nitrogens with zero attached hydrogens (tertiary/aromatic N) is 2. The van der Waals surface area contributed by atoms with Gasteiger partial charge >= 0.3 is 0 Å². The molecule has 1 saturated carbocycles. The van der Waals surface area contributed by atoms with Crippen LogP contribution in [0.2, 0.25) is 0 Å². The van der Waals surface area contributed by atoms with Gasteiger partial charge in [-0.1, -0.05) is 19.3 Å². The largest absolute Gasteiger partial charge is 0.299 e. The molecule has 3 nitrogen and oxygen atoms in total. The minimum atomic E-state index is 0.0908. The zero-order chi connectivity index (χ0) is 10.7. The van der Waals surface area contributed by atoms with Gasteiger partial charge in [0, 0.05) is 18.3 Å². The lowest BCUT2D eigenvalue weighted by molar-refractivity contribution is 0.314. The molecule has 1 heterocycles. The molecule has 1 aromatic rings. The van der Waals surface area contributed by atoms with Crippen LogP contribution in [-0.4, -0.2) is 9.55 Å². The van der Waals surface area contributed by atoms with Crippen molar-refractivity contribution in [3.05, 3.63) is 28.4 Å². The van der Waals surface area contributed by atoms with Gasteiger partial charge in [0.2, 0.25) is 0 Å². The lowest BCUT2D eigenvalue weighted by Gasteiger charge is -2.21. The maximum Gasteiger partial charge on any atom is 0.253 e. The van der Waals surface area contributed by atoms with Crippen LogP contribution in [0.15, 0.2) is 17.2 Å². The summed E-state index contributed by atoms with van der Waals surface area (Å²) in [7, 11) is 0. The molecular formula is C12H18N2O. The molecule has 1 fully saturated rings. The molecule has 82 valence electrons. The average molecular weight is 206 g/mol. The lowest BCUT2D eigenvalue weighted by Crippen LogP contribution is -2.25. The van der Waals surface area contributed by atoms with Crippen LogP contribution in [0.3, 0.4) is 0 Å². The van der Waals surface area contributed by atoms with Crippen molar-refractivity contribution < 1.29 is 0 Å². The van der Waals surface area contributed by atoms with Crippen molar-refractivity contribution in [1.29, 1.82) is 0 Å². The molecule has 0 N–H and O–H groups in total. The van der Waals surface area contributed by atoms with Gasteiger partial charge in [0.1, 0.15) is 0 Å². The fourth-order valence-corrected chi connectivity index (χ4v) is 2.30. The van der Waals surface area contributed by atoms with Crippen molar-refractivity contribution in [2.24, 2.45) is 5.92 Å². The number of hydrogen-bond acceptors (Lipinski definition) is 2. The summed E-state index contributed by atoms with van der Waals surface area (Å²) in [5.41, 5.74) is 0.896. The highest BCUT2D eigenvalue weighted by molar-refractivity contribution is 4.96. The summed E-state index contributed by atoms with van der Waals surface area (Å²) >= 11 is 0. The molecule has 1 aromatic heterocycles. The molecule has 0 spiro atoms. The van der Waals surface area contributed by atoms with E-state index >= 15 is 0 Å². The first-order valence-electron chi connectivity index (χ1n) is 5.79. The Hall–Kier alpha value is -1.12. The fraction of sp³-hybridized carbons (Fsp3) is 0.667. The van der Waals surface area contributed by atoms with Gasteiger partial charge in [-0.05, 0) is 25.7 Å². The SMILES string of the molecule is Cc1cc(=O)n(CC2CCCCC2)cn1. The van der Waals surface area contributed by atoms with Crippen molar-refractivity contribution in [3.8, 4) is 0 Å². The third kappa shape index (κ3) is 2.67. The molecule has 15 heavy (non-hydrogen) atoms. The monoisotopic (exact) mass is 206 g/mol. The molecule has 0 unspecified atom stereocenters. The van der Waals surface area contributed by atoms with Gasteiger partial charge < -0.3 is 0 Å². The first kappa shape index (κ1) is 10.4. The molecule has 0 radical (unpaired) electrons. The summed E-state index contributed by atoms with van der Waals surface area (Å²) in [4.78, 5) is 15.8. The van der Waals surface area contributed by atoms with Crippen molar-refractivity contribution in [1.82, 2.24) is 9.55 Å². The second-order valence-electron chi connectivity index (χ2n) is 4.52. The molecule has 0 saturated heterocycles. The maximum absolute atomic E-state index is 11.6. The molecule has 0 atom stereocenters. The minimum Gasteiger partial charge on any atom is -0.299 e. The van der Waals surface area contributed by atoms with E-state index in [1.165, 1.54) is 32.1 Å². The Morgan fingerprint density at radius 1 is 1.40 bits per heavy atom. The third-order valence-corrected chi connectivity index (χ3v) is 3.20. The molecular weight excluding hydrogens is 188 g/mol. The molecule has 1 aliphatic rings. The second kappa shape index (κ2) is 4.60. The summed E-state index contributed by atoms with van der Waals surface area (Å²) in [6, 6.07) is 1.61. The Balaban J connectivity index is 2.06. The van der Waals surface area contributed by atoms with Crippen LogP contribution >= 0.6 is 0 Å². The Morgan fingerprint density at radius 2 is 2.13 bits per heavy atom. The zero-order valence-corrected chi connectivity index (χ0v) is 9.28. The van der Waals surface area contributed by atoms with E-state index in [0.29, 0.717) is 5.92 Å². The van der Waals surface area contributed by atoms with E-state index in [2.05, 4.69) is 4.98 Å². The van der Waals surface area contributed by atoms with Crippen molar-refractivity contribution >= 4 is 0 Å². The molecule has 0 aromatic carbocycles. The van der Waals surface area contributed by atoms with E-state index in [1.807, 2.05) is 6.92 Å². The van der Waals surface area contributed by atoms with Crippen LogP contribution in [0.1, 0.15) is 37.8 Å². The summed E-state index contributed by atoms with van der Waals surface area (Å²) in [6.45, 7) is 2.71.